The summed E-state index contributed by atoms with van der Waals surface area (Å²) in [5.41, 5.74) is 4.87. The van der Waals surface area contributed by atoms with Gasteiger partial charge in [0.15, 0.2) is 0 Å². The first-order chi connectivity index (χ1) is 9.40. The molecule has 6 N–H and O–H groups in total. The molecule has 9 heteroatoms. The average Bonchev–Trinajstić information content (AvgIpc) is 3.17. The van der Waals surface area contributed by atoms with Gasteiger partial charge in [-0.25, -0.2) is 9.59 Å². The molecule has 4 amide bonds. The molecule has 0 heterocycles. The number of rotatable bonds is 8. The fourth-order valence-electron chi connectivity index (χ4n) is 1.46. The second-order valence-electron chi connectivity index (χ2n) is 4.53. The molecule has 0 saturated heterocycles. The van der Waals surface area contributed by atoms with Gasteiger partial charge in [0.2, 0.25) is 11.8 Å². The lowest BCUT2D eigenvalue weighted by Gasteiger charge is -2.13. The van der Waals surface area contributed by atoms with Crippen LogP contribution in [0.3, 0.4) is 0 Å². The Morgan fingerprint density at radius 1 is 1.15 bits per heavy atom. The topological polar surface area (TPSA) is 151 Å². The Balaban J connectivity index is 2.18. The number of urea groups is 1. The van der Waals surface area contributed by atoms with Gasteiger partial charge < -0.3 is 26.8 Å². The summed E-state index contributed by atoms with van der Waals surface area (Å²) in [4.78, 5) is 44.1. The Morgan fingerprint density at radius 2 is 1.75 bits per heavy atom. The van der Waals surface area contributed by atoms with Crippen LogP contribution < -0.4 is 21.7 Å². The molecule has 0 aliphatic heterocycles. The van der Waals surface area contributed by atoms with E-state index in [1.807, 2.05) is 0 Å². The van der Waals surface area contributed by atoms with E-state index in [0.717, 1.165) is 12.8 Å². The van der Waals surface area contributed by atoms with Crippen molar-refractivity contribution in [2.24, 2.45) is 11.7 Å². The number of carbonyl (C=O) groups excluding carboxylic acids is 3. The molecule has 1 rings (SSSR count). The van der Waals surface area contributed by atoms with Crippen LogP contribution in [0.5, 0.6) is 0 Å². The van der Waals surface area contributed by atoms with E-state index in [-0.39, 0.29) is 24.9 Å². The van der Waals surface area contributed by atoms with E-state index in [9.17, 15) is 19.2 Å². The molecular weight excluding hydrogens is 268 g/mol. The molecule has 20 heavy (non-hydrogen) atoms. The second kappa shape index (κ2) is 7.31. The summed E-state index contributed by atoms with van der Waals surface area (Å²) >= 11 is 0. The molecule has 0 radical (unpaired) electrons. The third-order valence-corrected chi connectivity index (χ3v) is 2.67. The van der Waals surface area contributed by atoms with Crippen molar-refractivity contribution in [1.29, 1.82) is 0 Å². The van der Waals surface area contributed by atoms with E-state index in [0.29, 0.717) is 0 Å². The summed E-state index contributed by atoms with van der Waals surface area (Å²) < 4.78 is 0. The van der Waals surface area contributed by atoms with Gasteiger partial charge in [-0.1, -0.05) is 0 Å². The van der Waals surface area contributed by atoms with Crippen molar-refractivity contribution in [3.63, 3.8) is 0 Å². The minimum Gasteiger partial charge on any atom is -0.480 e. The Kier molecular flexibility index (Phi) is 5.75. The van der Waals surface area contributed by atoms with Crippen molar-refractivity contribution in [3.05, 3.63) is 0 Å². The quantitative estimate of drug-likeness (QED) is 0.331. The third kappa shape index (κ3) is 6.03. The highest BCUT2D eigenvalue weighted by Crippen LogP contribution is 2.28. The molecule has 0 bridgehead atoms. The van der Waals surface area contributed by atoms with Gasteiger partial charge in [0.1, 0.15) is 6.04 Å². The molecule has 1 atom stereocenters. The number of primary amides is 1. The average molecular weight is 286 g/mol. The van der Waals surface area contributed by atoms with E-state index < -0.39 is 30.4 Å². The molecule has 0 aromatic carbocycles. The Morgan fingerprint density at radius 3 is 2.25 bits per heavy atom. The highest BCUT2D eigenvalue weighted by atomic mass is 16.4. The number of carboxylic acid groups (broad SMARTS) is 1. The maximum atomic E-state index is 11.4. The summed E-state index contributed by atoms with van der Waals surface area (Å²) in [6.07, 6.45) is 1.31. The molecule has 112 valence electrons. The zero-order valence-corrected chi connectivity index (χ0v) is 10.8. The van der Waals surface area contributed by atoms with Crippen molar-refractivity contribution < 1.29 is 24.3 Å². The molecular formula is C11H18N4O5. The first kappa shape index (κ1) is 15.7. The number of hydrogen-bond donors (Lipinski definition) is 5. The van der Waals surface area contributed by atoms with Crippen molar-refractivity contribution in [1.82, 2.24) is 16.0 Å². The number of aliphatic carboxylic acids is 1. The zero-order chi connectivity index (χ0) is 15.1. The van der Waals surface area contributed by atoms with Crippen LogP contribution in [0.4, 0.5) is 4.79 Å². The van der Waals surface area contributed by atoms with Crippen LogP contribution in [-0.2, 0) is 14.4 Å². The molecule has 0 spiro atoms. The van der Waals surface area contributed by atoms with Crippen molar-refractivity contribution >= 4 is 23.8 Å². The molecule has 1 aliphatic rings. The fourth-order valence-corrected chi connectivity index (χ4v) is 1.46. The highest BCUT2D eigenvalue weighted by molar-refractivity contribution is 5.87. The van der Waals surface area contributed by atoms with Gasteiger partial charge in [-0.2, -0.15) is 0 Å². The normalized spacial score (nSPS) is 15.0. The van der Waals surface area contributed by atoms with Crippen molar-refractivity contribution in [3.8, 4) is 0 Å². The maximum Gasteiger partial charge on any atom is 0.326 e. The number of nitrogens with one attached hydrogen (secondary N) is 3. The van der Waals surface area contributed by atoms with Gasteiger partial charge in [-0.15, -0.1) is 0 Å². The van der Waals surface area contributed by atoms with E-state index >= 15 is 0 Å². The number of nitrogens with two attached hydrogens (primary N) is 1. The van der Waals surface area contributed by atoms with E-state index in [1.54, 1.807) is 0 Å². The minimum atomic E-state index is -1.37. The number of carbonyl (C=O) groups is 4. The van der Waals surface area contributed by atoms with Gasteiger partial charge in [-0.05, 0) is 12.8 Å². The van der Waals surface area contributed by atoms with Gasteiger partial charge in [0.05, 0.1) is 6.42 Å². The summed E-state index contributed by atoms with van der Waals surface area (Å²) in [6.45, 7) is 0.420. The van der Waals surface area contributed by atoms with Crippen LogP contribution in [-0.4, -0.2) is 48.1 Å². The SMILES string of the molecule is NC(=O)C[C@@H](NC(=O)NCCNC(=O)C1CC1)C(=O)O. The fraction of sp³-hybridized carbons (Fsp3) is 0.636. The molecule has 1 fully saturated rings. The molecule has 0 unspecified atom stereocenters. The molecule has 0 aromatic heterocycles. The largest absolute Gasteiger partial charge is 0.480 e. The number of hydrogen-bond acceptors (Lipinski definition) is 4. The Labute approximate surface area is 115 Å². The van der Waals surface area contributed by atoms with Crippen LogP contribution in [0.25, 0.3) is 0 Å². The van der Waals surface area contributed by atoms with E-state index in [1.165, 1.54) is 0 Å². The third-order valence-electron chi connectivity index (χ3n) is 2.67. The van der Waals surface area contributed by atoms with E-state index in [2.05, 4.69) is 16.0 Å². The Hall–Kier alpha value is -2.32. The van der Waals surface area contributed by atoms with Crippen LogP contribution in [0, 0.1) is 5.92 Å². The zero-order valence-electron chi connectivity index (χ0n) is 10.8. The predicted octanol–water partition coefficient (Wildman–Crippen LogP) is -1.86. The molecule has 1 saturated carbocycles. The summed E-state index contributed by atoms with van der Waals surface area (Å²) in [6, 6.07) is -2.10. The first-order valence-electron chi connectivity index (χ1n) is 6.23. The van der Waals surface area contributed by atoms with Gasteiger partial charge in [-0.3, -0.25) is 9.59 Å². The standard InChI is InChI=1S/C11H18N4O5/c12-8(16)5-7(10(18)19)15-11(20)14-4-3-13-9(17)6-1-2-6/h6-7H,1-5H2,(H2,12,16)(H,13,17)(H,18,19)(H2,14,15,20)/t7-/m1/s1. The monoisotopic (exact) mass is 286 g/mol. The lowest BCUT2D eigenvalue weighted by Crippen LogP contribution is -2.49. The summed E-state index contributed by atoms with van der Waals surface area (Å²) in [5, 5.41) is 15.9. The van der Waals surface area contributed by atoms with Crippen LogP contribution in [0.2, 0.25) is 0 Å². The van der Waals surface area contributed by atoms with Crippen molar-refractivity contribution in [2.75, 3.05) is 13.1 Å². The summed E-state index contributed by atoms with van der Waals surface area (Å²) in [5.74, 6) is -2.12. The van der Waals surface area contributed by atoms with E-state index in [4.69, 9.17) is 10.8 Å². The maximum absolute atomic E-state index is 11.4. The summed E-state index contributed by atoms with van der Waals surface area (Å²) in [7, 11) is 0. The molecule has 0 aromatic rings. The predicted molar refractivity (Wildman–Crippen MR) is 67.5 cm³/mol. The molecule has 1 aliphatic carbocycles. The highest BCUT2D eigenvalue weighted by Gasteiger charge is 2.29. The number of carboxylic acids is 1. The second-order valence-corrected chi connectivity index (χ2v) is 4.53. The first-order valence-corrected chi connectivity index (χ1v) is 6.23. The number of amides is 4. The smallest absolute Gasteiger partial charge is 0.326 e. The Bertz CT molecular complexity index is 408. The molecule has 9 nitrogen and oxygen atoms in total. The van der Waals surface area contributed by atoms with Crippen LogP contribution in [0.15, 0.2) is 0 Å². The van der Waals surface area contributed by atoms with Gasteiger partial charge in [0.25, 0.3) is 0 Å². The lowest BCUT2D eigenvalue weighted by molar-refractivity contribution is -0.140. The van der Waals surface area contributed by atoms with Crippen LogP contribution in [0.1, 0.15) is 19.3 Å². The van der Waals surface area contributed by atoms with Gasteiger partial charge >= 0.3 is 12.0 Å². The van der Waals surface area contributed by atoms with Crippen LogP contribution >= 0.6 is 0 Å². The van der Waals surface area contributed by atoms with Gasteiger partial charge in [0, 0.05) is 19.0 Å². The van der Waals surface area contributed by atoms with Crippen molar-refractivity contribution in [2.45, 2.75) is 25.3 Å². The minimum absolute atomic E-state index is 0.0376. The lowest BCUT2D eigenvalue weighted by atomic mass is 10.2.